The molecule has 3 aromatic rings. The van der Waals surface area contributed by atoms with E-state index in [9.17, 15) is 22.4 Å². The van der Waals surface area contributed by atoms with Crippen LogP contribution in [0.4, 0.5) is 52.2 Å². The Balaban J connectivity index is 0.000000892. The number of carbonyl (C=O) groups is 1. The predicted octanol–water partition coefficient (Wildman–Crippen LogP) is 5.82. The molecule has 1 fully saturated rings. The number of aromatic nitrogens is 3. The molecule has 14 heteroatoms. The second-order valence-corrected chi connectivity index (χ2v) is 9.40. The van der Waals surface area contributed by atoms with Crippen molar-refractivity contribution in [2.75, 3.05) is 54.7 Å². The van der Waals surface area contributed by atoms with E-state index in [0.717, 1.165) is 30.8 Å². The van der Waals surface area contributed by atoms with Gasteiger partial charge in [0.1, 0.15) is 24.0 Å². The van der Waals surface area contributed by atoms with Crippen molar-refractivity contribution < 1.29 is 27.1 Å². The van der Waals surface area contributed by atoms with Gasteiger partial charge in [-0.15, -0.1) is 0 Å². The van der Waals surface area contributed by atoms with Gasteiger partial charge in [0, 0.05) is 55.7 Å². The number of benzene rings is 1. The van der Waals surface area contributed by atoms with Crippen molar-refractivity contribution in [3.8, 4) is 5.88 Å². The summed E-state index contributed by atoms with van der Waals surface area (Å²) in [5, 5.41) is 12.6. The van der Waals surface area contributed by atoms with Gasteiger partial charge in [0.25, 0.3) is 0 Å². The molecular weight excluding hydrogens is 556 g/mol. The molecule has 1 unspecified atom stereocenters. The minimum absolute atomic E-state index is 0.188. The summed E-state index contributed by atoms with van der Waals surface area (Å²) >= 11 is 0. The van der Waals surface area contributed by atoms with Crippen molar-refractivity contribution in [3.05, 3.63) is 60.8 Å². The Hall–Kier alpha value is -4.46. The Labute approximate surface area is 241 Å². The van der Waals surface area contributed by atoms with Crippen LogP contribution in [-0.4, -0.2) is 71.4 Å². The highest BCUT2D eigenvalue weighted by atomic mass is 19.4. The minimum atomic E-state index is -4.00. The van der Waals surface area contributed by atoms with E-state index in [-0.39, 0.29) is 25.5 Å². The zero-order chi connectivity index (χ0) is 30.7. The van der Waals surface area contributed by atoms with E-state index >= 15 is 0 Å². The molecule has 226 valence electrons. The van der Waals surface area contributed by atoms with E-state index in [4.69, 9.17) is 4.74 Å². The lowest BCUT2D eigenvalue weighted by Gasteiger charge is -2.17. The maximum absolute atomic E-state index is 12.6. The highest BCUT2D eigenvalue weighted by Crippen LogP contribution is 2.28. The Morgan fingerprint density at radius 1 is 1.19 bits per heavy atom. The van der Waals surface area contributed by atoms with Crippen LogP contribution in [0, 0.1) is 6.92 Å². The number of likely N-dealkylation sites (tertiary alicyclic amines) is 1. The summed E-state index contributed by atoms with van der Waals surface area (Å²) in [5.74, 6) is 1.77. The molecule has 1 aliphatic heterocycles. The first-order valence-electron chi connectivity index (χ1n) is 13.0. The number of methoxy groups -OCH3 is 1. The number of carbonyl (C=O) groups excluding carboxylic acids is 1. The summed E-state index contributed by atoms with van der Waals surface area (Å²) in [6.45, 7) is 7.33. The molecule has 10 nitrogen and oxygen atoms in total. The van der Waals surface area contributed by atoms with Crippen LogP contribution in [-0.2, 0) is 4.79 Å². The summed E-state index contributed by atoms with van der Waals surface area (Å²) in [5.41, 5.74) is 2.84. The van der Waals surface area contributed by atoms with Gasteiger partial charge in [-0.25, -0.2) is 9.37 Å². The number of rotatable bonds is 11. The molecule has 0 bridgehead atoms. The number of pyridine rings is 1. The van der Waals surface area contributed by atoms with Crippen molar-refractivity contribution in [1.82, 2.24) is 19.9 Å². The summed E-state index contributed by atoms with van der Waals surface area (Å²) in [7, 11) is 1.55. The number of alkyl halides is 4. The number of nitrogens with one attached hydrogen (secondary N) is 4. The van der Waals surface area contributed by atoms with Crippen molar-refractivity contribution in [2.45, 2.75) is 32.5 Å². The van der Waals surface area contributed by atoms with E-state index < -0.39 is 6.18 Å². The quantitative estimate of drug-likeness (QED) is 0.162. The summed E-state index contributed by atoms with van der Waals surface area (Å²) in [4.78, 5) is 27.3. The van der Waals surface area contributed by atoms with Crippen LogP contribution in [0.2, 0.25) is 0 Å². The highest BCUT2D eigenvalue weighted by Gasteiger charge is 2.22. The van der Waals surface area contributed by atoms with Crippen LogP contribution in [0.15, 0.2) is 55.3 Å². The second kappa shape index (κ2) is 15.0. The Kier molecular flexibility index (Phi) is 11.4. The maximum Gasteiger partial charge on any atom is 0.386 e. The topological polar surface area (TPSA) is 116 Å². The van der Waals surface area contributed by atoms with Crippen molar-refractivity contribution in [3.63, 3.8) is 0 Å². The Morgan fingerprint density at radius 3 is 2.62 bits per heavy atom. The Morgan fingerprint density at radius 2 is 1.93 bits per heavy atom. The molecule has 0 radical (unpaired) electrons. The molecule has 1 aromatic carbocycles. The SMILES string of the molecule is C=CC(=O)Nc1cccc(Nc2nc(Nc3ccc(NC4CCN(CCF)C4)nc3OC)ncc2C)c1.CC(F)(F)F. The van der Waals surface area contributed by atoms with Gasteiger partial charge in [-0.2, -0.15) is 23.1 Å². The molecule has 2 aromatic heterocycles. The van der Waals surface area contributed by atoms with Crippen LogP contribution >= 0.6 is 0 Å². The van der Waals surface area contributed by atoms with E-state index in [0.29, 0.717) is 41.4 Å². The van der Waals surface area contributed by atoms with Crippen LogP contribution < -0.4 is 26.0 Å². The molecule has 0 spiro atoms. The van der Waals surface area contributed by atoms with Crippen LogP contribution in [0.3, 0.4) is 0 Å². The number of anilines is 6. The summed E-state index contributed by atoms with van der Waals surface area (Å²) < 4.78 is 49.2. The normalized spacial score (nSPS) is 14.8. The fourth-order valence-corrected chi connectivity index (χ4v) is 4.01. The van der Waals surface area contributed by atoms with Crippen LogP contribution in [0.25, 0.3) is 0 Å². The Bertz CT molecular complexity index is 1350. The molecule has 0 aliphatic carbocycles. The average molecular weight is 591 g/mol. The van der Waals surface area contributed by atoms with Crippen molar-refractivity contribution in [2.24, 2.45) is 0 Å². The van der Waals surface area contributed by atoms with Gasteiger partial charge in [-0.1, -0.05) is 12.6 Å². The first-order valence-corrected chi connectivity index (χ1v) is 13.0. The maximum atomic E-state index is 12.6. The molecule has 0 saturated carbocycles. The third-order valence-corrected chi connectivity index (χ3v) is 5.88. The molecule has 42 heavy (non-hydrogen) atoms. The van der Waals surface area contributed by atoms with Gasteiger partial charge in [0.05, 0.1) is 7.11 Å². The number of halogens is 4. The summed E-state index contributed by atoms with van der Waals surface area (Å²) in [6.07, 6.45) is -0.143. The standard InChI is InChI=1S/C26H31FN8O2.C2H3F3/c1-4-23(36)30-18-6-5-7-19(14-18)31-24-17(2)15-28-26(34-24)32-21-8-9-22(33-25(21)37-3)29-20-10-12-35(16-20)13-11-27;1-2(3,4)5/h4-9,14-15,20H,1,10-13,16H2,2-3H3,(H,29,33)(H,30,36)(H2,28,31,32,34);1H3. The van der Waals surface area contributed by atoms with Gasteiger partial charge in [-0.3, -0.25) is 9.69 Å². The lowest BCUT2D eigenvalue weighted by Crippen LogP contribution is -2.28. The van der Waals surface area contributed by atoms with Gasteiger partial charge in [0.15, 0.2) is 0 Å². The van der Waals surface area contributed by atoms with Crippen molar-refractivity contribution in [1.29, 1.82) is 0 Å². The number of hydrogen-bond donors (Lipinski definition) is 4. The third kappa shape index (κ3) is 10.5. The summed E-state index contributed by atoms with van der Waals surface area (Å²) in [6, 6.07) is 11.2. The van der Waals surface area contributed by atoms with Gasteiger partial charge in [0.2, 0.25) is 17.7 Å². The molecule has 4 rings (SSSR count). The van der Waals surface area contributed by atoms with E-state index in [1.54, 1.807) is 25.4 Å². The van der Waals surface area contributed by atoms with E-state index in [1.165, 1.54) is 6.08 Å². The third-order valence-electron chi connectivity index (χ3n) is 5.88. The molecular formula is C28H34F4N8O2. The molecule has 3 heterocycles. The zero-order valence-corrected chi connectivity index (χ0v) is 23.6. The smallest absolute Gasteiger partial charge is 0.386 e. The fraction of sp³-hybridized carbons (Fsp3) is 0.357. The fourth-order valence-electron chi connectivity index (χ4n) is 4.01. The first kappa shape index (κ1) is 32.1. The lowest BCUT2D eigenvalue weighted by atomic mass is 10.2. The molecule has 1 atom stereocenters. The molecule has 1 amide bonds. The molecule has 1 saturated heterocycles. The van der Waals surface area contributed by atoms with Crippen LogP contribution in [0.1, 0.15) is 18.9 Å². The highest BCUT2D eigenvalue weighted by molar-refractivity contribution is 5.99. The van der Waals surface area contributed by atoms with E-state index in [1.807, 2.05) is 31.2 Å². The minimum Gasteiger partial charge on any atom is -0.479 e. The number of aryl methyl sites for hydroxylation is 1. The van der Waals surface area contributed by atoms with Crippen molar-refractivity contribution >= 4 is 40.6 Å². The van der Waals surface area contributed by atoms with Crippen LogP contribution in [0.5, 0.6) is 5.88 Å². The number of ether oxygens (including phenoxy) is 1. The molecule has 1 aliphatic rings. The first-order chi connectivity index (χ1) is 20.0. The molecule has 4 N–H and O–H groups in total. The van der Waals surface area contributed by atoms with Gasteiger partial charge >= 0.3 is 6.18 Å². The number of hydrogen-bond acceptors (Lipinski definition) is 9. The predicted molar refractivity (Wildman–Crippen MR) is 156 cm³/mol. The number of nitrogens with zero attached hydrogens (tertiary/aromatic N) is 4. The average Bonchev–Trinajstić information content (AvgIpc) is 3.37. The van der Waals surface area contributed by atoms with Gasteiger partial charge in [-0.05, 0) is 49.8 Å². The van der Waals surface area contributed by atoms with E-state index in [2.05, 4.69) is 47.7 Å². The monoisotopic (exact) mass is 590 g/mol. The van der Waals surface area contributed by atoms with Gasteiger partial charge < -0.3 is 26.0 Å². The largest absolute Gasteiger partial charge is 0.479 e. The second-order valence-electron chi connectivity index (χ2n) is 9.40. The zero-order valence-electron chi connectivity index (χ0n) is 23.6. The number of amides is 1. The lowest BCUT2D eigenvalue weighted by molar-refractivity contribution is -0.112.